The van der Waals surface area contributed by atoms with E-state index in [4.69, 9.17) is 9.47 Å². The zero-order chi connectivity index (χ0) is 20.5. The number of nitrogens with zero attached hydrogens (tertiary/aromatic N) is 3. The van der Waals surface area contributed by atoms with E-state index in [2.05, 4.69) is 4.57 Å². The molecule has 0 amide bonds. The van der Waals surface area contributed by atoms with Gasteiger partial charge < -0.3 is 18.9 Å². The Bertz CT molecular complexity index is 1050. The Balaban J connectivity index is 1.52. The van der Waals surface area contributed by atoms with Gasteiger partial charge in [0.15, 0.2) is 23.9 Å². The summed E-state index contributed by atoms with van der Waals surface area (Å²) in [5.74, 6) is 1.67. The fourth-order valence-electron chi connectivity index (χ4n) is 3.65. The van der Waals surface area contributed by atoms with Crippen molar-refractivity contribution in [2.75, 3.05) is 25.8 Å². The quantitative estimate of drug-likeness (QED) is 0.478. The summed E-state index contributed by atoms with van der Waals surface area (Å²) in [4.78, 5) is 15.0. The summed E-state index contributed by atoms with van der Waals surface area (Å²) in [6.45, 7) is 5.32. The number of rotatable bonds is 6. The summed E-state index contributed by atoms with van der Waals surface area (Å²) >= 11 is 0. The highest BCUT2D eigenvalue weighted by Crippen LogP contribution is 2.33. The number of ketones is 1. The second-order valence-corrected chi connectivity index (χ2v) is 7.60. The molecule has 6 heteroatoms. The van der Waals surface area contributed by atoms with Gasteiger partial charge in [0, 0.05) is 55.4 Å². The molecular formula is C23H26N3O3+. The molecule has 1 aliphatic heterocycles. The Morgan fingerprint density at radius 3 is 2.52 bits per heavy atom. The van der Waals surface area contributed by atoms with E-state index < -0.39 is 0 Å². The first-order valence-corrected chi connectivity index (χ1v) is 9.67. The van der Waals surface area contributed by atoms with Gasteiger partial charge in [-0.1, -0.05) is 6.07 Å². The molecule has 1 aromatic carbocycles. The predicted octanol–water partition coefficient (Wildman–Crippen LogP) is 3.12. The van der Waals surface area contributed by atoms with Gasteiger partial charge >= 0.3 is 0 Å². The van der Waals surface area contributed by atoms with E-state index in [0.29, 0.717) is 13.1 Å². The van der Waals surface area contributed by atoms with E-state index in [1.54, 1.807) is 0 Å². The number of carbonyl (C=O) groups is 1. The van der Waals surface area contributed by atoms with E-state index in [-0.39, 0.29) is 12.6 Å². The number of aryl methyl sites for hydroxylation is 1. The van der Waals surface area contributed by atoms with Crippen molar-refractivity contribution < 1.29 is 18.8 Å². The SMILES string of the molecule is Cc1cc(C(=O)C[n+]2ccc(N(C)C)cc2)c(C)n1Cc1ccc2c(c1)OCO2. The maximum Gasteiger partial charge on any atom is 0.231 e. The number of Topliss-reactive ketones (excluding diaryl/α,β-unsaturated/α-hetero) is 1. The molecule has 0 aliphatic carbocycles. The average molecular weight is 392 g/mol. The first kappa shape index (κ1) is 19.1. The molecule has 0 radical (unpaired) electrons. The van der Waals surface area contributed by atoms with Crippen molar-refractivity contribution >= 4 is 11.5 Å². The molecule has 3 aromatic rings. The predicted molar refractivity (Wildman–Crippen MR) is 111 cm³/mol. The molecule has 29 heavy (non-hydrogen) atoms. The van der Waals surface area contributed by atoms with Crippen LogP contribution in [-0.4, -0.2) is 31.2 Å². The van der Waals surface area contributed by atoms with Gasteiger partial charge in [-0.15, -0.1) is 0 Å². The van der Waals surface area contributed by atoms with Crippen LogP contribution < -0.4 is 18.9 Å². The van der Waals surface area contributed by atoms with Crippen molar-refractivity contribution in [3.63, 3.8) is 0 Å². The fraction of sp³-hybridized carbons (Fsp3) is 0.304. The zero-order valence-corrected chi connectivity index (χ0v) is 17.3. The van der Waals surface area contributed by atoms with Crippen molar-refractivity contribution in [2.45, 2.75) is 26.9 Å². The van der Waals surface area contributed by atoms with Crippen LogP contribution in [0.4, 0.5) is 5.69 Å². The number of ether oxygens (including phenoxy) is 2. The molecule has 6 nitrogen and oxygen atoms in total. The van der Waals surface area contributed by atoms with Crippen molar-refractivity contribution in [1.29, 1.82) is 0 Å². The minimum atomic E-state index is 0.109. The number of benzene rings is 1. The number of carbonyl (C=O) groups excluding carboxylic acids is 1. The molecule has 150 valence electrons. The number of anilines is 1. The van der Waals surface area contributed by atoms with Crippen molar-refractivity contribution in [2.24, 2.45) is 0 Å². The van der Waals surface area contributed by atoms with Gasteiger partial charge in [0.25, 0.3) is 0 Å². The van der Waals surface area contributed by atoms with Crippen LogP contribution in [-0.2, 0) is 13.1 Å². The molecule has 0 saturated heterocycles. The van der Waals surface area contributed by atoms with Crippen molar-refractivity contribution in [3.05, 3.63) is 71.3 Å². The molecule has 0 saturated carbocycles. The number of pyridine rings is 1. The largest absolute Gasteiger partial charge is 0.454 e. The van der Waals surface area contributed by atoms with E-state index in [1.807, 2.05) is 86.2 Å². The van der Waals surface area contributed by atoms with E-state index in [1.165, 1.54) is 0 Å². The van der Waals surface area contributed by atoms with Gasteiger partial charge in [-0.3, -0.25) is 4.79 Å². The summed E-state index contributed by atoms with van der Waals surface area (Å²) in [7, 11) is 4.00. The van der Waals surface area contributed by atoms with Crippen molar-refractivity contribution in [3.8, 4) is 11.5 Å². The van der Waals surface area contributed by atoms with Gasteiger partial charge in [0.2, 0.25) is 19.1 Å². The Morgan fingerprint density at radius 1 is 1.07 bits per heavy atom. The maximum absolute atomic E-state index is 12.9. The molecule has 2 aromatic heterocycles. The molecule has 1 aliphatic rings. The van der Waals surface area contributed by atoms with Gasteiger partial charge in [0.05, 0.1) is 0 Å². The lowest BCUT2D eigenvalue weighted by atomic mass is 10.1. The van der Waals surface area contributed by atoms with Crippen LogP contribution in [0.1, 0.15) is 27.3 Å². The zero-order valence-electron chi connectivity index (χ0n) is 17.3. The monoisotopic (exact) mass is 392 g/mol. The molecule has 0 N–H and O–H groups in total. The fourth-order valence-corrected chi connectivity index (χ4v) is 3.65. The summed E-state index contributed by atoms with van der Waals surface area (Å²) in [5.41, 5.74) is 5.04. The van der Waals surface area contributed by atoms with Crippen LogP contribution in [0.2, 0.25) is 0 Å². The lowest BCUT2D eigenvalue weighted by Gasteiger charge is -2.11. The van der Waals surface area contributed by atoms with Gasteiger partial charge in [-0.25, -0.2) is 0 Å². The number of aromatic nitrogens is 2. The molecule has 4 rings (SSSR count). The van der Waals surface area contributed by atoms with Crippen LogP contribution in [0.5, 0.6) is 11.5 Å². The lowest BCUT2D eigenvalue weighted by Crippen LogP contribution is -2.37. The first-order valence-electron chi connectivity index (χ1n) is 9.67. The highest BCUT2D eigenvalue weighted by molar-refractivity contribution is 5.96. The lowest BCUT2D eigenvalue weighted by molar-refractivity contribution is -0.683. The second-order valence-electron chi connectivity index (χ2n) is 7.60. The molecule has 0 bridgehead atoms. The normalized spacial score (nSPS) is 12.3. The molecular weight excluding hydrogens is 366 g/mol. The minimum Gasteiger partial charge on any atom is -0.454 e. The van der Waals surface area contributed by atoms with Crippen LogP contribution in [0.25, 0.3) is 0 Å². The molecule has 0 unspecified atom stereocenters. The summed E-state index contributed by atoms with van der Waals surface area (Å²) in [5, 5.41) is 0. The third-order valence-corrected chi connectivity index (χ3v) is 5.37. The molecule has 3 heterocycles. The smallest absolute Gasteiger partial charge is 0.231 e. The van der Waals surface area contributed by atoms with E-state index in [0.717, 1.165) is 39.7 Å². The maximum atomic E-state index is 12.9. The Morgan fingerprint density at radius 2 is 1.79 bits per heavy atom. The summed E-state index contributed by atoms with van der Waals surface area (Å²) in [6, 6.07) is 12.0. The van der Waals surface area contributed by atoms with Gasteiger partial charge in [-0.2, -0.15) is 4.57 Å². The highest BCUT2D eigenvalue weighted by Gasteiger charge is 2.20. The third-order valence-electron chi connectivity index (χ3n) is 5.37. The van der Waals surface area contributed by atoms with Crippen LogP contribution in [0.15, 0.2) is 48.8 Å². The Hall–Kier alpha value is -3.28. The van der Waals surface area contributed by atoms with Crippen LogP contribution in [0.3, 0.4) is 0 Å². The van der Waals surface area contributed by atoms with E-state index in [9.17, 15) is 4.79 Å². The summed E-state index contributed by atoms with van der Waals surface area (Å²) < 4.78 is 15.0. The summed E-state index contributed by atoms with van der Waals surface area (Å²) in [6.07, 6.45) is 3.89. The van der Waals surface area contributed by atoms with Crippen LogP contribution >= 0.6 is 0 Å². The number of hydrogen-bond acceptors (Lipinski definition) is 4. The second kappa shape index (κ2) is 7.62. The first-order chi connectivity index (χ1) is 13.9. The topological polar surface area (TPSA) is 47.6 Å². The standard InChI is InChI=1S/C23H26N3O3/c1-16-11-20(21(27)14-25-9-7-19(8-10-25)24(3)4)17(2)26(16)13-18-5-6-22-23(12-18)29-15-28-22/h5-12H,13-15H2,1-4H3/q+1. The highest BCUT2D eigenvalue weighted by atomic mass is 16.7. The van der Waals surface area contributed by atoms with Crippen LogP contribution in [0, 0.1) is 13.8 Å². The molecule has 0 atom stereocenters. The van der Waals surface area contributed by atoms with Gasteiger partial charge in [0.1, 0.15) is 0 Å². The number of fused-ring (bicyclic) bond motifs is 1. The number of hydrogen-bond donors (Lipinski definition) is 0. The van der Waals surface area contributed by atoms with E-state index >= 15 is 0 Å². The third kappa shape index (κ3) is 3.83. The average Bonchev–Trinajstić information content (AvgIpc) is 3.27. The van der Waals surface area contributed by atoms with Gasteiger partial charge in [-0.05, 0) is 37.6 Å². The Labute approximate surface area is 170 Å². The molecule has 0 spiro atoms. The minimum absolute atomic E-state index is 0.109. The molecule has 0 fully saturated rings. The Kier molecular flexibility index (Phi) is 5.01. The van der Waals surface area contributed by atoms with Crippen molar-refractivity contribution in [1.82, 2.24) is 4.57 Å².